The number of phenolic OH excluding ortho intramolecular Hbond substituents is 1. The molecule has 0 saturated heterocycles. The molecule has 1 heterocycles. The Morgan fingerprint density at radius 2 is 1.90 bits per heavy atom. The molecule has 0 aromatic heterocycles. The van der Waals surface area contributed by atoms with Crippen molar-refractivity contribution in [3.8, 4) is 5.75 Å². The van der Waals surface area contributed by atoms with Crippen molar-refractivity contribution in [3.05, 3.63) is 40.7 Å². The molecular weight excluding hydrogens is 412 g/mol. The van der Waals surface area contributed by atoms with Crippen LogP contribution in [-0.4, -0.2) is 73.8 Å². The van der Waals surface area contributed by atoms with Gasteiger partial charge in [0.2, 0.25) is 5.78 Å². The fraction of sp³-hybridized carbons (Fsp3) is 0.350. The number of benzene rings is 1. The van der Waals surface area contributed by atoms with Crippen molar-refractivity contribution < 1.29 is 34.8 Å². The van der Waals surface area contributed by atoms with Crippen molar-refractivity contribution in [1.82, 2.24) is 4.90 Å². The lowest BCUT2D eigenvalue weighted by molar-refractivity contribution is -0.151. The average molecular weight is 432 g/mol. The molecule has 158 valence electrons. The van der Waals surface area contributed by atoms with Gasteiger partial charge in [-0.1, -0.05) is 6.07 Å². The molecule has 1 aliphatic heterocycles. The van der Waals surface area contributed by atoms with Gasteiger partial charge in [-0.3, -0.25) is 19.3 Å². The molecule has 3 aliphatic rings. The first-order valence-corrected chi connectivity index (χ1v) is 10.0. The first kappa shape index (κ1) is 20.5. The predicted octanol–water partition coefficient (Wildman–Crippen LogP) is 0.266. The van der Waals surface area contributed by atoms with E-state index in [1.165, 1.54) is 22.7 Å². The number of hydrogen-bond donors (Lipinski definition) is 5. The van der Waals surface area contributed by atoms with Crippen LogP contribution in [0.3, 0.4) is 0 Å². The number of carbonyl (C=O) groups excluding carboxylic acids is 3. The quantitative estimate of drug-likeness (QED) is 0.413. The summed E-state index contributed by atoms with van der Waals surface area (Å²) in [4.78, 5) is 40.2. The van der Waals surface area contributed by atoms with E-state index in [0.29, 0.717) is 4.90 Å². The lowest BCUT2D eigenvalue weighted by Gasteiger charge is -2.49. The summed E-state index contributed by atoms with van der Waals surface area (Å²) in [7, 11) is 3.11. The van der Waals surface area contributed by atoms with Gasteiger partial charge in [0.05, 0.1) is 17.2 Å². The zero-order valence-electron chi connectivity index (χ0n) is 16.1. The number of likely N-dealkylation sites (N-methyl/N-ethyl adjacent to an activating group) is 1. The lowest BCUT2D eigenvalue weighted by Crippen LogP contribution is -2.66. The number of fused-ring (bicyclic) bond motifs is 3. The van der Waals surface area contributed by atoms with Gasteiger partial charge in [0, 0.05) is 16.1 Å². The summed E-state index contributed by atoms with van der Waals surface area (Å²) in [6.07, 6.45) is 0.0477. The van der Waals surface area contributed by atoms with E-state index in [2.05, 4.69) is 0 Å². The fourth-order valence-electron chi connectivity index (χ4n) is 4.66. The molecule has 9 nitrogen and oxygen atoms in total. The van der Waals surface area contributed by atoms with Crippen LogP contribution < -0.4 is 5.73 Å². The zero-order chi connectivity index (χ0) is 22.1. The number of amides is 1. The number of ketones is 2. The summed E-state index contributed by atoms with van der Waals surface area (Å²) in [5, 5.41) is 42.4. The number of primary amides is 1. The van der Waals surface area contributed by atoms with E-state index in [9.17, 15) is 34.8 Å². The summed E-state index contributed by atoms with van der Waals surface area (Å²) in [5.41, 5.74) is 1.69. The van der Waals surface area contributed by atoms with Crippen molar-refractivity contribution in [2.75, 3.05) is 14.1 Å². The SMILES string of the molecule is CN(C)[C@@H]1C(=O)C(C(N)=O)=C(O)[C@@]2(O)C(=O)C3=C(O)c4c(O)cccc4S[C@H]3C[C@@H]12. The van der Waals surface area contributed by atoms with Gasteiger partial charge < -0.3 is 26.2 Å². The molecule has 1 amide bonds. The number of aliphatic hydroxyl groups is 3. The highest BCUT2D eigenvalue weighted by Crippen LogP contribution is 2.54. The van der Waals surface area contributed by atoms with Crippen LogP contribution in [0.25, 0.3) is 5.76 Å². The molecule has 10 heteroatoms. The van der Waals surface area contributed by atoms with E-state index >= 15 is 0 Å². The lowest BCUT2D eigenvalue weighted by atomic mass is 9.62. The second-order valence-corrected chi connectivity index (χ2v) is 9.06. The molecule has 30 heavy (non-hydrogen) atoms. The summed E-state index contributed by atoms with van der Waals surface area (Å²) >= 11 is 1.21. The molecular formula is C20H20N2O7S. The Morgan fingerprint density at radius 1 is 1.23 bits per heavy atom. The van der Waals surface area contributed by atoms with Crippen LogP contribution in [0.5, 0.6) is 5.75 Å². The van der Waals surface area contributed by atoms with Gasteiger partial charge >= 0.3 is 0 Å². The number of aliphatic hydroxyl groups excluding tert-OH is 2. The number of phenols is 1. The minimum absolute atomic E-state index is 0.0477. The van der Waals surface area contributed by atoms with Gasteiger partial charge in [-0.05, 0) is 32.6 Å². The summed E-state index contributed by atoms with van der Waals surface area (Å²) in [6, 6.07) is 3.54. The Balaban J connectivity index is 1.98. The molecule has 0 radical (unpaired) electrons. The number of rotatable bonds is 2. The largest absolute Gasteiger partial charge is 0.508 e. The molecule has 1 saturated carbocycles. The maximum atomic E-state index is 13.5. The Kier molecular flexibility index (Phi) is 4.49. The van der Waals surface area contributed by atoms with Crippen LogP contribution in [0.15, 0.2) is 40.0 Å². The Bertz CT molecular complexity index is 1080. The second-order valence-electron chi connectivity index (χ2n) is 7.82. The monoisotopic (exact) mass is 432 g/mol. The first-order chi connectivity index (χ1) is 14.0. The maximum absolute atomic E-state index is 13.5. The minimum Gasteiger partial charge on any atom is -0.508 e. The third-order valence-electron chi connectivity index (χ3n) is 5.98. The molecule has 0 unspecified atom stereocenters. The number of hydrogen-bond acceptors (Lipinski definition) is 9. The van der Waals surface area contributed by atoms with Crippen LogP contribution in [0.2, 0.25) is 0 Å². The zero-order valence-corrected chi connectivity index (χ0v) is 16.9. The molecule has 0 bridgehead atoms. The topological polar surface area (TPSA) is 161 Å². The third kappa shape index (κ3) is 2.47. The summed E-state index contributed by atoms with van der Waals surface area (Å²) in [5.74, 6) is -5.99. The average Bonchev–Trinajstić information content (AvgIpc) is 2.64. The van der Waals surface area contributed by atoms with E-state index in [-0.39, 0.29) is 23.3 Å². The highest BCUT2D eigenvalue weighted by atomic mass is 32.2. The van der Waals surface area contributed by atoms with Gasteiger partial charge in [-0.15, -0.1) is 11.8 Å². The smallest absolute Gasteiger partial charge is 0.255 e. The van der Waals surface area contributed by atoms with Crippen LogP contribution in [-0.2, 0) is 14.4 Å². The molecule has 1 aromatic rings. The summed E-state index contributed by atoms with van der Waals surface area (Å²) < 4.78 is 0. The molecule has 1 aromatic carbocycles. The molecule has 2 aliphatic carbocycles. The summed E-state index contributed by atoms with van der Waals surface area (Å²) in [6.45, 7) is 0. The van der Waals surface area contributed by atoms with Gasteiger partial charge in [0.15, 0.2) is 11.4 Å². The van der Waals surface area contributed by atoms with Gasteiger partial charge in [-0.25, -0.2) is 0 Å². The van der Waals surface area contributed by atoms with Crippen molar-refractivity contribution >= 4 is 35.0 Å². The Hall–Kier alpha value is -2.82. The standard InChI is InChI=1S/C20H20N2O7S/c1-22(2)14-7-6-10-12(15(24)11-8(23)4-3-5-9(11)30-10)17(26)20(7,29)18(27)13(16(14)25)19(21)28/h3-5,7,10,14,23-24,27,29H,6H2,1-2H3,(H2,21,28)/t7-,10-,14-,20-/m0/s1. The third-order valence-corrected chi connectivity index (χ3v) is 7.29. The molecule has 4 rings (SSSR count). The van der Waals surface area contributed by atoms with E-state index in [4.69, 9.17) is 5.73 Å². The predicted molar refractivity (Wildman–Crippen MR) is 107 cm³/mol. The van der Waals surface area contributed by atoms with Crippen LogP contribution in [0, 0.1) is 5.92 Å². The van der Waals surface area contributed by atoms with Gasteiger partial charge in [0.1, 0.15) is 22.8 Å². The number of thioether (sulfide) groups is 1. The molecule has 1 fully saturated rings. The number of nitrogens with zero attached hydrogens (tertiary/aromatic N) is 1. The highest BCUT2D eigenvalue weighted by Gasteiger charge is 2.64. The van der Waals surface area contributed by atoms with Crippen molar-refractivity contribution in [3.63, 3.8) is 0 Å². The maximum Gasteiger partial charge on any atom is 0.255 e. The van der Waals surface area contributed by atoms with Crippen molar-refractivity contribution in [2.45, 2.75) is 28.2 Å². The number of nitrogens with two attached hydrogens (primary N) is 1. The van der Waals surface area contributed by atoms with Crippen LogP contribution in [0.4, 0.5) is 0 Å². The Morgan fingerprint density at radius 3 is 2.50 bits per heavy atom. The van der Waals surface area contributed by atoms with Crippen LogP contribution in [0.1, 0.15) is 12.0 Å². The van der Waals surface area contributed by atoms with Crippen molar-refractivity contribution in [2.24, 2.45) is 11.7 Å². The van der Waals surface area contributed by atoms with Gasteiger partial charge in [-0.2, -0.15) is 0 Å². The van der Waals surface area contributed by atoms with E-state index in [1.807, 2.05) is 0 Å². The van der Waals surface area contributed by atoms with Crippen molar-refractivity contribution in [1.29, 1.82) is 0 Å². The van der Waals surface area contributed by atoms with E-state index in [1.54, 1.807) is 26.2 Å². The minimum atomic E-state index is -2.62. The van der Waals surface area contributed by atoms with Crippen LogP contribution >= 0.6 is 11.8 Å². The number of Topliss-reactive ketones (excluding diaryl/α,β-unsaturated/α-hetero) is 2. The van der Waals surface area contributed by atoms with E-state index in [0.717, 1.165) is 0 Å². The molecule has 6 N–H and O–H groups in total. The second kappa shape index (κ2) is 6.59. The van der Waals surface area contributed by atoms with Gasteiger partial charge in [0.25, 0.3) is 5.91 Å². The number of aromatic hydroxyl groups is 1. The first-order valence-electron chi connectivity index (χ1n) is 9.15. The normalized spacial score (nSPS) is 30.9. The van der Waals surface area contributed by atoms with E-state index < -0.39 is 57.4 Å². The highest BCUT2D eigenvalue weighted by molar-refractivity contribution is 8.00. The fourth-order valence-corrected chi connectivity index (χ4v) is 6.08. The number of carbonyl (C=O) groups is 3. The molecule has 4 atom stereocenters. The Labute approximate surface area is 175 Å². The molecule has 0 spiro atoms.